The Balaban J connectivity index is 0.00000320. The molecule has 2 aromatic carbocycles. The van der Waals surface area contributed by atoms with Crippen LogP contribution in [0.3, 0.4) is 0 Å². The summed E-state index contributed by atoms with van der Waals surface area (Å²) in [6, 6.07) is 17.1. The fraction of sp³-hybridized carbons (Fsp3) is 0.417. The molecule has 0 bridgehead atoms. The monoisotopic (exact) mass is 429 g/mol. The number of hydrogen-bond donors (Lipinski definition) is 2. The van der Waals surface area contributed by atoms with Gasteiger partial charge in [0.15, 0.2) is 0 Å². The summed E-state index contributed by atoms with van der Waals surface area (Å²) in [6.45, 7) is 5.38. The van der Waals surface area contributed by atoms with Crippen molar-refractivity contribution in [2.24, 2.45) is 5.73 Å². The number of carbonyl (C=O) groups is 2. The molecule has 2 aromatic rings. The maximum absolute atomic E-state index is 13.0. The Morgan fingerprint density at radius 3 is 2.20 bits per heavy atom. The smallest absolute Gasteiger partial charge is 0.241 e. The van der Waals surface area contributed by atoms with Crippen LogP contribution in [0, 0.1) is 6.92 Å². The first-order chi connectivity index (χ1) is 14.0. The molecule has 1 saturated heterocycles. The maximum Gasteiger partial charge on any atom is 0.241 e. The summed E-state index contributed by atoms with van der Waals surface area (Å²) in [4.78, 5) is 27.5. The lowest BCUT2D eigenvalue weighted by Gasteiger charge is -2.35. The molecule has 3 N–H and O–H groups in total. The van der Waals surface area contributed by atoms with Gasteiger partial charge in [0.2, 0.25) is 11.8 Å². The molecule has 30 heavy (non-hydrogen) atoms. The number of halogens is 1. The van der Waals surface area contributed by atoms with Gasteiger partial charge in [0.05, 0.1) is 5.92 Å². The summed E-state index contributed by atoms with van der Waals surface area (Å²) in [6.07, 6.45) is 2.29. The van der Waals surface area contributed by atoms with Gasteiger partial charge in [0.25, 0.3) is 0 Å². The van der Waals surface area contributed by atoms with Crippen LogP contribution in [0.15, 0.2) is 54.6 Å². The van der Waals surface area contributed by atoms with Gasteiger partial charge < -0.3 is 16.0 Å². The predicted molar refractivity (Wildman–Crippen MR) is 123 cm³/mol. The zero-order valence-corrected chi connectivity index (χ0v) is 18.5. The molecule has 2 atom stereocenters. The van der Waals surface area contributed by atoms with Crippen LogP contribution < -0.4 is 11.1 Å². The second kappa shape index (κ2) is 11.1. The molecule has 6 heteroatoms. The van der Waals surface area contributed by atoms with Crippen molar-refractivity contribution >= 4 is 24.2 Å². The van der Waals surface area contributed by atoms with Gasteiger partial charge in [-0.15, -0.1) is 12.4 Å². The van der Waals surface area contributed by atoms with Gasteiger partial charge in [-0.3, -0.25) is 9.59 Å². The van der Waals surface area contributed by atoms with E-state index in [0.717, 1.165) is 36.0 Å². The Kier molecular flexibility index (Phi) is 8.88. The first-order valence-electron chi connectivity index (χ1n) is 10.5. The second-order valence-corrected chi connectivity index (χ2v) is 7.87. The van der Waals surface area contributed by atoms with Gasteiger partial charge in [-0.05, 0) is 37.3 Å². The van der Waals surface area contributed by atoms with Crippen molar-refractivity contribution in [2.75, 3.05) is 13.1 Å². The Hall–Kier alpha value is -2.37. The minimum absolute atomic E-state index is 0. The summed E-state index contributed by atoms with van der Waals surface area (Å²) in [5.74, 6) is -0.0773. The molecular weight excluding hydrogens is 398 g/mol. The number of nitrogens with two attached hydrogens (primary N) is 1. The molecule has 5 nitrogen and oxygen atoms in total. The summed E-state index contributed by atoms with van der Waals surface area (Å²) < 4.78 is 0. The molecule has 1 aliphatic rings. The zero-order chi connectivity index (χ0) is 20.8. The number of rotatable bonds is 6. The average molecular weight is 430 g/mol. The van der Waals surface area contributed by atoms with Gasteiger partial charge in [-0.1, -0.05) is 67.1 Å². The van der Waals surface area contributed by atoms with Gasteiger partial charge in [-0.2, -0.15) is 0 Å². The normalized spacial score (nSPS) is 16.3. The summed E-state index contributed by atoms with van der Waals surface area (Å²) in [5.41, 5.74) is 9.15. The molecule has 0 aromatic heterocycles. The van der Waals surface area contributed by atoms with Crippen LogP contribution in [0.25, 0.3) is 0 Å². The number of piperidine rings is 1. The first kappa shape index (κ1) is 23.9. The quantitative estimate of drug-likeness (QED) is 0.734. The van der Waals surface area contributed by atoms with Crippen LogP contribution in [0.1, 0.15) is 54.8 Å². The highest BCUT2D eigenvalue weighted by molar-refractivity contribution is 5.85. The summed E-state index contributed by atoms with van der Waals surface area (Å²) in [5, 5.41) is 3.06. The van der Waals surface area contributed by atoms with Gasteiger partial charge >= 0.3 is 0 Å². The van der Waals surface area contributed by atoms with Gasteiger partial charge in [-0.25, -0.2) is 0 Å². The van der Waals surface area contributed by atoms with E-state index >= 15 is 0 Å². The highest BCUT2D eigenvalue weighted by atomic mass is 35.5. The Labute approximate surface area is 185 Å². The molecule has 0 saturated carbocycles. The highest BCUT2D eigenvalue weighted by Gasteiger charge is 2.29. The third-order valence-corrected chi connectivity index (χ3v) is 5.78. The summed E-state index contributed by atoms with van der Waals surface area (Å²) >= 11 is 0. The van der Waals surface area contributed by atoms with Crippen molar-refractivity contribution in [3.63, 3.8) is 0 Å². The number of aryl methyl sites for hydroxylation is 1. The van der Waals surface area contributed by atoms with Crippen LogP contribution in [0.4, 0.5) is 0 Å². The van der Waals surface area contributed by atoms with Crippen LogP contribution in [0.5, 0.6) is 0 Å². The fourth-order valence-corrected chi connectivity index (χ4v) is 3.92. The van der Waals surface area contributed by atoms with Crippen LogP contribution in [-0.4, -0.2) is 35.8 Å². The molecular formula is C24H32ClN3O2. The maximum atomic E-state index is 13.0. The SMILES string of the molecule is CCC(C(=O)N1CCC(NC(=O)C(N)c2ccc(C)cc2)CC1)c1ccccc1.Cl. The van der Waals surface area contributed by atoms with Crippen LogP contribution in [-0.2, 0) is 9.59 Å². The zero-order valence-electron chi connectivity index (χ0n) is 17.7. The van der Waals surface area contributed by atoms with E-state index < -0.39 is 6.04 Å². The minimum atomic E-state index is -0.669. The lowest BCUT2D eigenvalue weighted by atomic mass is 9.93. The van der Waals surface area contributed by atoms with Crippen molar-refractivity contribution < 1.29 is 9.59 Å². The molecule has 0 aliphatic carbocycles. The highest BCUT2D eigenvalue weighted by Crippen LogP contribution is 2.24. The molecule has 0 radical (unpaired) electrons. The van der Waals surface area contributed by atoms with Crippen molar-refractivity contribution in [1.29, 1.82) is 0 Å². The van der Waals surface area contributed by atoms with Crippen molar-refractivity contribution in [3.05, 3.63) is 71.3 Å². The standard InChI is InChI=1S/C24H31N3O2.ClH/c1-3-21(18-7-5-4-6-8-18)24(29)27-15-13-20(14-16-27)26-23(28)22(25)19-11-9-17(2)10-12-19;/h4-12,20-22H,3,13-16,25H2,1-2H3,(H,26,28);1H. The molecule has 0 spiro atoms. The van der Waals surface area contributed by atoms with E-state index in [1.165, 1.54) is 0 Å². The number of nitrogens with zero attached hydrogens (tertiary/aromatic N) is 1. The van der Waals surface area contributed by atoms with Crippen molar-refractivity contribution in [1.82, 2.24) is 10.2 Å². The number of hydrogen-bond acceptors (Lipinski definition) is 3. The van der Waals surface area contributed by atoms with Gasteiger partial charge in [0.1, 0.15) is 6.04 Å². The van der Waals surface area contributed by atoms with Crippen LogP contribution >= 0.6 is 12.4 Å². The van der Waals surface area contributed by atoms with Gasteiger partial charge in [0, 0.05) is 19.1 Å². The van der Waals surface area contributed by atoms with Crippen LogP contribution in [0.2, 0.25) is 0 Å². The molecule has 1 heterocycles. The van der Waals surface area contributed by atoms with E-state index in [4.69, 9.17) is 5.73 Å². The Morgan fingerprint density at radius 1 is 1.03 bits per heavy atom. The predicted octanol–water partition coefficient (Wildman–Crippen LogP) is 3.72. The Morgan fingerprint density at radius 2 is 1.63 bits per heavy atom. The fourth-order valence-electron chi connectivity index (χ4n) is 3.92. The minimum Gasteiger partial charge on any atom is -0.352 e. The third-order valence-electron chi connectivity index (χ3n) is 5.78. The topological polar surface area (TPSA) is 75.4 Å². The molecule has 1 fully saturated rings. The largest absolute Gasteiger partial charge is 0.352 e. The van der Waals surface area contributed by atoms with E-state index in [9.17, 15) is 9.59 Å². The molecule has 2 amide bonds. The Bertz CT molecular complexity index is 818. The number of likely N-dealkylation sites (tertiary alicyclic amines) is 1. The lowest BCUT2D eigenvalue weighted by Crippen LogP contribution is -2.49. The first-order valence-corrected chi connectivity index (χ1v) is 10.5. The second-order valence-electron chi connectivity index (χ2n) is 7.87. The molecule has 1 aliphatic heterocycles. The number of amides is 2. The average Bonchev–Trinajstić information content (AvgIpc) is 2.75. The number of carbonyl (C=O) groups excluding carboxylic acids is 2. The van der Waals surface area contributed by atoms with E-state index in [1.807, 2.05) is 66.4 Å². The lowest BCUT2D eigenvalue weighted by molar-refractivity contribution is -0.134. The number of nitrogens with one attached hydrogen (secondary N) is 1. The molecule has 3 rings (SSSR count). The molecule has 162 valence electrons. The third kappa shape index (κ3) is 5.83. The number of benzene rings is 2. The summed E-state index contributed by atoms with van der Waals surface area (Å²) in [7, 11) is 0. The van der Waals surface area contributed by atoms with Crippen molar-refractivity contribution in [3.8, 4) is 0 Å². The van der Waals surface area contributed by atoms with E-state index in [2.05, 4.69) is 12.2 Å². The van der Waals surface area contributed by atoms with E-state index in [-0.39, 0.29) is 36.2 Å². The molecule has 2 unspecified atom stereocenters. The van der Waals surface area contributed by atoms with E-state index in [1.54, 1.807) is 0 Å². The van der Waals surface area contributed by atoms with E-state index in [0.29, 0.717) is 13.1 Å². The van der Waals surface area contributed by atoms with Crippen molar-refractivity contribution in [2.45, 2.75) is 51.1 Å².